The maximum absolute atomic E-state index is 13.5. The predicted octanol–water partition coefficient (Wildman–Crippen LogP) is 2.63. The molecule has 1 aromatic heterocycles. The molecule has 0 aliphatic carbocycles. The van der Waals surface area contributed by atoms with Crippen LogP contribution in [0.2, 0.25) is 0 Å². The molecule has 0 aliphatic heterocycles. The van der Waals surface area contributed by atoms with Gasteiger partial charge in [0.2, 0.25) is 5.91 Å². The van der Waals surface area contributed by atoms with Crippen molar-refractivity contribution in [1.82, 2.24) is 14.5 Å². The molecule has 6 nitrogen and oxygen atoms in total. The Morgan fingerprint density at radius 3 is 2.41 bits per heavy atom. The maximum atomic E-state index is 13.5. The minimum Gasteiger partial charge on any atom is -0.348 e. The van der Waals surface area contributed by atoms with Crippen molar-refractivity contribution in [3.63, 3.8) is 0 Å². The molecule has 2 aromatic carbocycles. The second-order valence-corrected chi connectivity index (χ2v) is 7.04. The van der Waals surface area contributed by atoms with Gasteiger partial charge in [-0.05, 0) is 44.0 Å². The Morgan fingerprint density at radius 2 is 1.72 bits per heavy atom. The minimum atomic E-state index is -0.852. The Kier molecular flexibility index (Phi) is 5.77. The maximum Gasteiger partial charge on any atom is 0.320 e. The SMILES string of the molecule is Cc1ccc([C@H](C)NC(=O)Cn2ccn(-c3cc(F)ccc3C)c(=O)c2=O)cc1. The van der Waals surface area contributed by atoms with Gasteiger partial charge in [0.25, 0.3) is 0 Å². The average Bonchev–Trinajstić information content (AvgIpc) is 2.68. The van der Waals surface area contributed by atoms with Gasteiger partial charge in [-0.25, -0.2) is 4.39 Å². The molecule has 150 valence electrons. The van der Waals surface area contributed by atoms with Gasteiger partial charge in [0.15, 0.2) is 0 Å². The monoisotopic (exact) mass is 395 g/mol. The molecule has 1 atom stereocenters. The summed E-state index contributed by atoms with van der Waals surface area (Å²) in [5.74, 6) is -0.898. The fraction of sp³-hybridized carbons (Fsp3) is 0.227. The Balaban J connectivity index is 1.80. The summed E-state index contributed by atoms with van der Waals surface area (Å²) >= 11 is 0. The Labute approximate surface area is 167 Å². The lowest BCUT2D eigenvalue weighted by Crippen LogP contribution is -2.43. The van der Waals surface area contributed by atoms with E-state index in [2.05, 4.69) is 5.32 Å². The number of aromatic nitrogens is 2. The van der Waals surface area contributed by atoms with Crippen LogP contribution in [0.3, 0.4) is 0 Å². The molecule has 0 saturated heterocycles. The van der Waals surface area contributed by atoms with Crippen molar-refractivity contribution in [1.29, 1.82) is 0 Å². The number of aryl methyl sites for hydroxylation is 2. The number of nitrogens with one attached hydrogen (secondary N) is 1. The molecule has 0 unspecified atom stereocenters. The number of amides is 1. The van der Waals surface area contributed by atoms with Crippen molar-refractivity contribution in [3.05, 3.63) is 98.1 Å². The zero-order chi connectivity index (χ0) is 21.1. The van der Waals surface area contributed by atoms with E-state index in [9.17, 15) is 18.8 Å². The van der Waals surface area contributed by atoms with Crippen molar-refractivity contribution >= 4 is 5.91 Å². The molecule has 3 rings (SSSR count). The molecule has 29 heavy (non-hydrogen) atoms. The summed E-state index contributed by atoms with van der Waals surface area (Å²) in [6.45, 7) is 5.25. The highest BCUT2D eigenvalue weighted by Gasteiger charge is 2.14. The second kappa shape index (κ2) is 8.26. The van der Waals surface area contributed by atoms with Crippen LogP contribution in [0, 0.1) is 19.7 Å². The highest BCUT2D eigenvalue weighted by Crippen LogP contribution is 2.14. The lowest BCUT2D eigenvalue weighted by molar-refractivity contribution is -0.122. The minimum absolute atomic E-state index is 0.242. The van der Waals surface area contributed by atoms with Gasteiger partial charge in [-0.2, -0.15) is 0 Å². The molecule has 7 heteroatoms. The van der Waals surface area contributed by atoms with Gasteiger partial charge in [0, 0.05) is 12.4 Å². The molecule has 0 spiro atoms. The number of hydrogen-bond donors (Lipinski definition) is 1. The van der Waals surface area contributed by atoms with E-state index >= 15 is 0 Å². The number of nitrogens with zero attached hydrogens (tertiary/aromatic N) is 2. The fourth-order valence-electron chi connectivity index (χ4n) is 3.05. The van der Waals surface area contributed by atoms with Crippen LogP contribution in [0.5, 0.6) is 0 Å². The Bertz CT molecular complexity index is 1160. The van der Waals surface area contributed by atoms with Crippen LogP contribution < -0.4 is 16.4 Å². The quantitative estimate of drug-likeness (QED) is 0.675. The Morgan fingerprint density at radius 1 is 1.03 bits per heavy atom. The molecule has 1 N–H and O–H groups in total. The summed E-state index contributed by atoms with van der Waals surface area (Å²) in [5.41, 5.74) is 1.29. The van der Waals surface area contributed by atoms with Crippen LogP contribution in [-0.4, -0.2) is 15.0 Å². The predicted molar refractivity (Wildman–Crippen MR) is 109 cm³/mol. The number of hydrogen-bond acceptors (Lipinski definition) is 3. The van der Waals surface area contributed by atoms with Crippen molar-refractivity contribution < 1.29 is 9.18 Å². The van der Waals surface area contributed by atoms with Gasteiger partial charge < -0.3 is 5.32 Å². The third kappa shape index (κ3) is 4.51. The zero-order valence-corrected chi connectivity index (χ0v) is 16.5. The van der Waals surface area contributed by atoms with Gasteiger partial charge in [-0.3, -0.25) is 23.5 Å². The molecular formula is C22H22FN3O3. The summed E-state index contributed by atoms with van der Waals surface area (Å²) in [7, 11) is 0. The summed E-state index contributed by atoms with van der Waals surface area (Å²) in [5, 5.41) is 2.82. The van der Waals surface area contributed by atoms with Crippen LogP contribution in [0.1, 0.15) is 29.7 Å². The van der Waals surface area contributed by atoms with Gasteiger partial charge in [-0.15, -0.1) is 0 Å². The first-order valence-corrected chi connectivity index (χ1v) is 9.21. The van der Waals surface area contributed by atoms with Crippen LogP contribution in [0.15, 0.2) is 64.4 Å². The molecule has 0 aliphatic rings. The highest BCUT2D eigenvalue weighted by molar-refractivity contribution is 5.76. The van der Waals surface area contributed by atoms with Crippen LogP contribution >= 0.6 is 0 Å². The number of benzene rings is 2. The summed E-state index contributed by atoms with van der Waals surface area (Å²) in [6.07, 6.45) is 2.71. The molecule has 1 amide bonds. The number of carbonyl (C=O) groups is 1. The van der Waals surface area contributed by atoms with E-state index in [1.54, 1.807) is 6.92 Å². The van der Waals surface area contributed by atoms with Gasteiger partial charge >= 0.3 is 11.1 Å². The third-order valence-electron chi connectivity index (χ3n) is 4.76. The molecule has 0 saturated carbocycles. The third-order valence-corrected chi connectivity index (χ3v) is 4.76. The summed E-state index contributed by atoms with van der Waals surface area (Å²) < 4.78 is 15.7. The van der Waals surface area contributed by atoms with Crippen LogP contribution in [0.25, 0.3) is 5.69 Å². The number of carbonyl (C=O) groups excluding carboxylic acids is 1. The lowest BCUT2D eigenvalue weighted by atomic mass is 10.1. The first-order chi connectivity index (χ1) is 13.8. The van der Waals surface area contributed by atoms with E-state index in [1.807, 2.05) is 38.1 Å². The molecule has 0 bridgehead atoms. The van der Waals surface area contributed by atoms with Crippen molar-refractivity contribution in [2.75, 3.05) is 0 Å². The van der Waals surface area contributed by atoms with Crippen LogP contribution in [0.4, 0.5) is 4.39 Å². The van der Waals surface area contributed by atoms with E-state index in [-0.39, 0.29) is 24.2 Å². The van der Waals surface area contributed by atoms with Crippen molar-refractivity contribution in [2.24, 2.45) is 0 Å². The normalized spacial score (nSPS) is 11.9. The Hall–Kier alpha value is -3.48. The number of rotatable bonds is 5. The average molecular weight is 395 g/mol. The lowest BCUT2D eigenvalue weighted by Gasteiger charge is -2.15. The molecule has 0 fully saturated rings. The second-order valence-electron chi connectivity index (χ2n) is 7.04. The standard InChI is InChI=1S/C22H22FN3O3/c1-14-4-7-17(8-5-14)16(3)24-20(27)13-25-10-11-26(22(29)21(25)28)19-12-18(23)9-6-15(19)2/h4-12,16H,13H2,1-3H3,(H,24,27)/t16-/m0/s1. The van der Waals surface area contributed by atoms with Crippen molar-refractivity contribution in [3.8, 4) is 5.69 Å². The smallest absolute Gasteiger partial charge is 0.320 e. The van der Waals surface area contributed by atoms with E-state index in [0.29, 0.717) is 5.56 Å². The zero-order valence-electron chi connectivity index (χ0n) is 16.5. The largest absolute Gasteiger partial charge is 0.348 e. The van der Waals surface area contributed by atoms with E-state index in [0.717, 1.165) is 20.3 Å². The first kappa shape index (κ1) is 20.3. The van der Waals surface area contributed by atoms with E-state index in [1.165, 1.54) is 30.6 Å². The molecule has 1 heterocycles. The highest BCUT2D eigenvalue weighted by atomic mass is 19.1. The van der Waals surface area contributed by atoms with Crippen molar-refractivity contribution in [2.45, 2.75) is 33.4 Å². The van der Waals surface area contributed by atoms with Crippen LogP contribution in [-0.2, 0) is 11.3 Å². The summed E-state index contributed by atoms with van der Waals surface area (Å²) in [4.78, 5) is 37.3. The topological polar surface area (TPSA) is 73.1 Å². The van der Waals surface area contributed by atoms with E-state index < -0.39 is 16.9 Å². The van der Waals surface area contributed by atoms with Gasteiger partial charge in [-0.1, -0.05) is 35.9 Å². The molecular weight excluding hydrogens is 373 g/mol. The van der Waals surface area contributed by atoms with E-state index in [4.69, 9.17) is 0 Å². The molecule has 0 radical (unpaired) electrons. The van der Waals surface area contributed by atoms with Gasteiger partial charge in [0.1, 0.15) is 12.4 Å². The van der Waals surface area contributed by atoms with Gasteiger partial charge in [0.05, 0.1) is 11.7 Å². The fourth-order valence-corrected chi connectivity index (χ4v) is 3.05. The number of halogens is 1. The molecule has 3 aromatic rings. The summed E-state index contributed by atoms with van der Waals surface area (Å²) in [6, 6.07) is 11.5. The first-order valence-electron chi connectivity index (χ1n) is 9.21.